The molecule has 98 valence electrons. The molecule has 4 rings (SSSR count). The minimum Gasteiger partial charge on any atom is -0.479 e. The number of hydrogen-bond acceptors (Lipinski definition) is 3. The van der Waals surface area contributed by atoms with E-state index in [0.29, 0.717) is 12.6 Å². The van der Waals surface area contributed by atoms with Crippen molar-refractivity contribution in [3.8, 4) is 0 Å². The zero-order chi connectivity index (χ0) is 11.8. The molecular formula is C13H16ClNO3. The van der Waals surface area contributed by atoms with Gasteiger partial charge in [-0.1, -0.05) is 30.3 Å². The minimum atomic E-state index is -0.841. The SMILES string of the molecule is Cl.O=C(O)[C@H]1OC[C@H]2C[C@@H]1N2Cc1ccccc1. The van der Waals surface area contributed by atoms with E-state index < -0.39 is 12.1 Å². The Morgan fingerprint density at radius 1 is 1.39 bits per heavy atom. The van der Waals surface area contributed by atoms with Crippen molar-refractivity contribution in [2.45, 2.75) is 31.2 Å². The van der Waals surface area contributed by atoms with Gasteiger partial charge in [0.05, 0.1) is 6.61 Å². The van der Waals surface area contributed by atoms with Gasteiger partial charge in [0, 0.05) is 18.6 Å². The Bertz CT molecular complexity index is 424. The van der Waals surface area contributed by atoms with Crippen LogP contribution in [0.25, 0.3) is 0 Å². The Labute approximate surface area is 112 Å². The highest BCUT2D eigenvalue weighted by molar-refractivity contribution is 5.85. The Balaban J connectivity index is 0.00000120. The third-order valence-corrected chi connectivity index (χ3v) is 3.68. The fraction of sp³-hybridized carbons (Fsp3) is 0.462. The Morgan fingerprint density at radius 3 is 2.72 bits per heavy atom. The molecule has 5 heteroatoms. The van der Waals surface area contributed by atoms with Gasteiger partial charge in [-0.25, -0.2) is 4.79 Å². The monoisotopic (exact) mass is 269 g/mol. The molecule has 1 aromatic carbocycles. The lowest BCUT2D eigenvalue weighted by Crippen LogP contribution is -2.68. The number of ether oxygens (including phenoxy) is 1. The second-order valence-corrected chi connectivity index (χ2v) is 4.71. The first-order valence-electron chi connectivity index (χ1n) is 5.90. The van der Waals surface area contributed by atoms with Crippen LogP contribution in [0.5, 0.6) is 0 Å². The molecule has 0 aliphatic carbocycles. The summed E-state index contributed by atoms with van der Waals surface area (Å²) in [7, 11) is 0. The van der Waals surface area contributed by atoms with Crippen molar-refractivity contribution < 1.29 is 14.6 Å². The molecule has 0 radical (unpaired) electrons. The van der Waals surface area contributed by atoms with Crippen molar-refractivity contribution in [3.63, 3.8) is 0 Å². The maximum atomic E-state index is 11.0. The number of hydrogen-bond donors (Lipinski definition) is 1. The number of carbonyl (C=O) groups is 1. The second kappa shape index (κ2) is 5.26. The summed E-state index contributed by atoms with van der Waals surface area (Å²) in [6.45, 7) is 1.36. The number of rotatable bonds is 3. The lowest BCUT2D eigenvalue weighted by atomic mass is 9.85. The van der Waals surface area contributed by atoms with Crippen LogP contribution in [0.2, 0.25) is 0 Å². The molecule has 0 spiro atoms. The number of carboxylic acids is 1. The van der Waals surface area contributed by atoms with Gasteiger partial charge in [0.1, 0.15) is 0 Å². The largest absolute Gasteiger partial charge is 0.479 e. The number of nitrogens with zero attached hydrogens (tertiary/aromatic N) is 1. The van der Waals surface area contributed by atoms with E-state index in [9.17, 15) is 4.79 Å². The third-order valence-electron chi connectivity index (χ3n) is 3.68. The fourth-order valence-electron chi connectivity index (χ4n) is 2.75. The van der Waals surface area contributed by atoms with Crippen LogP contribution in [0.4, 0.5) is 0 Å². The lowest BCUT2D eigenvalue weighted by molar-refractivity contribution is -0.197. The molecule has 4 nitrogen and oxygen atoms in total. The molecule has 3 heterocycles. The maximum absolute atomic E-state index is 11.0. The van der Waals surface area contributed by atoms with E-state index in [2.05, 4.69) is 17.0 Å². The summed E-state index contributed by atoms with van der Waals surface area (Å²) < 4.78 is 5.33. The van der Waals surface area contributed by atoms with Crippen LogP contribution in [0.15, 0.2) is 30.3 Å². The molecule has 1 aromatic rings. The zero-order valence-corrected chi connectivity index (χ0v) is 10.7. The van der Waals surface area contributed by atoms with Gasteiger partial charge in [-0.15, -0.1) is 12.4 Å². The number of morpholine rings is 1. The molecule has 3 fully saturated rings. The fourth-order valence-corrected chi connectivity index (χ4v) is 2.75. The van der Waals surface area contributed by atoms with Crippen LogP contribution >= 0.6 is 12.4 Å². The Morgan fingerprint density at radius 2 is 2.11 bits per heavy atom. The zero-order valence-electron chi connectivity index (χ0n) is 9.86. The molecule has 0 amide bonds. The van der Waals surface area contributed by atoms with Gasteiger partial charge >= 0.3 is 5.97 Å². The number of aliphatic carboxylic acids is 1. The van der Waals surface area contributed by atoms with Gasteiger partial charge in [-0.3, -0.25) is 4.90 Å². The van der Waals surface area contributed by atoms with Crippen LogP contribution in [-0.2, 0) is 16.1 Å². The molecule has 2 bridgehead atoms. The average molecular weight is 270 g/mol. The second-order valence-electron chi connectivity index (χ2n) is 4.71. The predicted octanol–water partition coefficient (Wildman–Crippen LogP) is 1.53. The van der Waals surface area contributed by atoms with E-state index in [4.69, 9.17) is 9.84 Å². The summed E-state index contributed by atoms with van der Waals surface area (Å²) >= 11 is 0. The van der Waals surface area contributed by atoms with E-state index in [1.807, 2.05) is 18.2 Å². The first-order valence-corrected chi connectivity index (χ1v) is 5.90. The highest BCUT2D eigenvalue weighted by Gasteiger charge is 2.50. The number of halogens is 1. The summed E-state index contributed by atoms with van der Waals surface area (Å²) in [5, 5.41) is 9.07. The van der Waals surface area contributed by atoms with Gasteiger partial charge < -0.3 is 9.84 Å². The van der Waals surface area contributed by atoms with Crippen molar-refractivity contribution in [2.75, 3.05) is 6.61 Å². The standard InChI is InChI=1S/C13H15NO3.ClH/c15-13(16)12-11-6-10(8-17-12)14(11)7-9-4-2-1-3-5-9;/h1-5,10-12H,6-8H2,(H,15,16);1H/t10-,11+,12+;/m1./s1. The van der Waals surface area contributed by atoms with Crippen molar-refractivity contribution in [3.05, 3.63) is 35.9 Å². The maximum Gasteiger partial charge on any atom is 0.334 e. The highest BCUT2D eigenvalue weighted by atomic mass is 35.5. The first-order chi connectivity index (χ1) is 8.25. The van der Waals surface area contributed by atoms with Crippen molar-refractivity contribution in [2.24, 2.45) is 0 Å². The van der Waals surface area contributed by atoms with E-state index in [1.165, 1.54) is 5.56 Å². The van der Waals surface area contributed by atoms with Crippen LogP contribution in [0, 0.1) is 0 Å². The quantitative estimate of drug-likeness (QED) is 0.904. The van der Waals surface area contributed by atoms with Crippen molar-refractivity contribution in [1.82, 2.24) is 4.90 Å². The van der Waals surface area contributed by atoms with Crippen LogP contribution in [0.3, 0.4) is 0 Å². The molecule has 3 saturated heterocycles. The van der Waals surface area contributed by atoms with E-state index in [1.54, 1.807) is 0 Å². The molecule has 3 atom stereocenters. The smallest absolute Gasteiger partial charge is 0.334 e. The molecular weight excluding hydrogens is 254 g/mol. The first kappa shape index (κ1) is 13.3. The lowest BCUT2D eigenvalue weighted by Gasteiger charge is -2.54. The summed E-state index contributed by atoms with van der Waals surface area (Å²) in [5.41, 5.74) is 1.23. The van der Waals surface area contributed by atoms with E-state index in [0.717, 1.165) is 13.0 Å². The van der Waals surface area contributed by atoms with Crippen LogP contribution < -0.4 is 0 Å². The van der Waals surface area contributed by atoms with Crippen molar-refractivity contribution >= 4 is 18.4 Å². The third kappa shape index (κ3) is 2.23. The Hall–Kier alpha value is -1.10. The molecule has 0 unspecified atom stereocenters. The Kier molecular flexibility index (Phi) is 3.90. The normalized spacial score (nSPS) is 30.1. The summed E-state index contributed by atoms with van der Waals surface area (Å²) in [5.74, 6) is -0.841. The molecule has 3 aliphatic rings. The van der Waals surface area contributed by atoms with Crippen LogP contribution in [-0.4, -0.2) is 40.8 Å². The van der Waals surface area contributed by atoms with Gasteiger partial charge in [-0.05, 0) is 12.0 Å². The molecule has 0 saturated carbocycles. The summed E-state index contributed by atoms with van der Waals surface area (Å²) in [6, 6.07) is 10.6. The van der Waals surface area contributed by atoms with Crippen molar-refractivity contribution in [1.29, 1.82) is 0 Å². The highest BCUT2D eigenvalue weighted by Crippen LogP contribution is 2.36. The van der Waals surface area contributed by atoms with Crippen LogP contribution in [0.1, 0.15) is 12.0 Å². The van der Waals surface area contributed by atoms with Gasteiger partial charge in [0.2, 0.25) is 0 Å². The molecule has 0 aromatic heterocycles. The minimum absolute atomic E-state index is 0. The predicted molar refractivity (Wildman–Crippen MR) is 68.8 cm³/mol. The van der Waals surface area contributed by atoms with Gasteiger partial charge in [0.25, 0.3) is 0 Å². The number of benzene rings is 1. The number of fused-ring (bicyclic) bond motifs is 2. The van der Waals surface area contributed by atoms with E-state index in [-0.39, 0.29) is 18.4 Å². The summed E-state index contributed by atoms with van der Waals surface area (Å²) in [4.78, 5) is 13.3. The van der Waals surface area contributed by atoms with E-state index >= 15 is 0 Å². The van der Waals surface area contributed by atoms with Gasteiger partial charge in [-0.2, -0.15) is 0 Å². The summed E-state index contributed by atoms with van der Waals surface area (Å²) in [6.07, 6.45) is 0.299. The molecule has 18 heavy (non-hydrogen) atoms. The number of carboxylic acid groups (broad SMARTS) is 1. The average Bonchev–Trinajstić information content (AvgIpc) is 2.37. The molecule has 1 N–H and O–H groups in total. The topological polar surface area (TPSA) is 49.8 Å². The molecule has 3 aliphatic heterocycles. The van der Waals surface area contributed by atoms with Gasteiger partial charge in [0.15, 0.2) is 6.10 Å².